The van der Waals surface area contributed by atoms with E-state index in [9.17, 15) is 4.79 Å². The number of carbonyl (C=O) groups is 1. The third-order valence-electron chi connectivity index (χ3n) is 2.45. The topological polar surface area (TPSA) is 52.6 Å². The van der Waals surface area contributed by atoms with Gasteiger partial charge in [0.25, 0.3) is 5.91 Å². The molecule has 1 heterocycles. The zero-order valence-electron chi connectivity index (χ0n) is 7.90. The molecule has 0 aromatic heterocycles. The SMILES string of the molecule is CN(O)C(=O)C1CNc2ccccc21. The van der Waals surface area contributed by atoms with E-state index in [1.54, 1.807) is 0 Å². The van der Waals surface area contributed by atoms with Crippen molar-refractivity contribution < 1.29 is 10.0 Å². The number of para-hydroxylation sites is 1. The van der Waals surface area contributed by atoms with Gasteiger partial charge in [-0.1, -0.05) is 18.2 Å². The molecule has 1 unspecified atom stereocenters. The van der Waals surface area contributed by atoms with Crippen LogP contribution in [0.5, 0.6) is 0 Å². The summed E-state index contributed by atoms with van der Waals surface area (Å²) >= 11 is 0. The highest BCUT2D eigenvalue weighted by atomic mass is 16.5. The van der Waals surface area contributed by atoms with Crippen LogP contribution in [0.2, 0.25) is 0 Å². The van der Waals surface area contributed by atoms with Gasteiger partial charge in [-0.25, -0.2) is 5.06 Å². The molecule has 0 bridgehead atoms. The molecule has 0 fully saturated rings. The van der Waals surface area contributed by atoms with Crippen molar-refractivity contribution >= 4 is 11.6 Å². The lowest BCUT2D eigenvalue weighted by Crippen LogP contribution is -2.29. The van der Waals surface area contributed by atoms with E-state index in [1.807, 2.05) is 24.3 Å². The van der Waals surface area contributed by atoms with Gasteiger partial charge in [-0.05, 0) is 11.6 Å². The first kappa shape index (κ1) is 9.02. The average Bonchev–Trinajstić information content (AvgIpc) is 2.60. The van der Waals surface area contributed by atoms with Gasteiger partial charge < -0.3 is 5.32 Å². The summed E-state index contributed by atoms with van der Waals surface area (Å²) in [6.07, 6.45) is 0. The number of nitrogens with zero attached hydrogens (tertiary/aromatic N) is 1. The summed E-state index contributed by atoms with van der Waals surface area (Å²) < 4.78 is 0. The van der Waals surface area contributed by atoms with E-state index in [1.165, 1.54) is 7.05 Å². The molecule has 2 rings (SSSR count). The monoisotopic (exact) mass is 192 g/mol. The number of benzene rings is 1. The second-order valence-corrected chi connectivity index (χ2v) is 3.38. The lowest BCUT2D eigenvalue weighted by molar-refractivity contribution is -0.160. The standard InChI is InChI=1S/C10H12N2O2/c1-12(14)10(13)8-6-11-9-5-3-2-4-7(8)9/h2-5,8,11,14H,6H2,1H3. The predicted molar refractivity (Wildman–Crippen MR) is 52.2 cm³/mol. The van der Waals surface area contributed by atoms with Crippen molar-refractivity contribution in [1.29, 1.82) is 0 Å². The predicted octanol–water partition coefficient (Wildman–Crippen LogP) is 1.04. The minimum Gasteiger partial charge on any atom is -0.384 e. The van der Waals surface area contributed by atoms with Crippen LogP contribution in [0.1, 0.15) is 11.5 Å². The van der Waals surface area contributed by atoms with Gasteiger partial charge in [-0.15, -0.1) is 0 Å². The Morgan fingerprint density at radius 2 is 2.29 bits per heavy atom. The smallest absolute Gasteiger partial charge is 0.255 e. The first-order valence-electron chi connectivity index (χ1n) is 4.49. The summed E-state index contributed by atoms with van der Waals surface area (Å²) in [5.74, 6) is -0.538. The minimum atomic E-state index is -0.276. The Morgan fingerprint density at radius 3 is 3.00 bits per heavy atom. The van der Waals surface area contributed by atoms with E-state index in [-0.39, 0.29) is 11.8 Å². The average molecular weight is 192 g/mol. The molecule has 2 N–H and O–H groups in total. The van der Waals surface area contributed by atoms with Crippen molar-refractivity contribution in [1.82, 2.24) is 5.06 Å². The molecule has 1 aromatic rings. The zero-order chi connectivity index (χ0) is 10.1. The first-order chi connectivity index (χ1) is 6.70. The van der Waals surface area contributed by atoms with Crippen LogP contribution in [-0.2, 0) is 4.79 Å². The summed E-state index contributed by atoms with van der Waals surface area (Å²) in [7, 11) is 1.35. The van der Waals surface area contributed by atoms with Crippen LogP contribution in [0, 0.1) is 0 Å². The molecule has 4 nitrogen and oxygen atoms in total. The highest BCUT2D eigenvalue weighted by Gasteiger charge is 2.29. The van der Waals surface area contributed by atoms with E-state index < -0.39 is 0 Å². The van der Waals surface area contributed by atoms with Gasteiger partial charge in [-0.2, -0.15) is 0 Å². The molecule has 1 atom stereocenters. The summed E-state index contributed by atoms with van der Waals surface area (Å²) in [5, 5.41) is 12.8. The minimum absolute atomic E-state index is 0.263. The van der Waals surface area contributed by atoms with Crippen molar-refractivity contribution in [2.45, 2.75) is 5.92 Å². The van der Waals surface area contributed by atoms with Gasteiger partial charge >= 0.3 is 0 Å². The van der Waals surface area contributed by atoms with E-state index in [0.29, 0.717) is 11.6 Å². The normalized spacial score (nSPS) is 18.6. The Morgan fingerprint density at radius 1 is 1.57 bits per heavy atom. The molecular weight excluding hydrogens is 180 g/mol. The lowest BCUT2D eigenvalue weighted by Gasteiger charge is -2.13. The fourth-order valence-electron chi connectivity index (χ4n) is 1.73. The number of hydrogen-bond acceptors (Lipinski definition) is 3. The number of likely N-dealkylation sites (N-methyl/N-ethyl adjacent to an activating group) is 1. The fourth-order valence-corrected chi connectivity index (χ4v) is 1.73. The summed E-state index contributed by atoms with van der Waals surface area (Å²) in [4.78, 5) is 11.5. The molecule has 0 spiro atoms. The zero-order valence-corrected chi connectivity index (χ0v) is 7.90. The first-order valence-corrected chi connectivity index (χ1v) is 4.49. The number of hydroxylamine groups is 2. The van der Waals surface area contributed by atoms with E-state index in [0.717, 1.165) is 11.3 Å². The molecule has 1 aliphatic heterocycles. The number of fused-ring (bicyclic) bond motifs is 1. The van der Waals surface area contributed by atoms with E-state index >= 15 is 0 Å². The summed E-state index contributed by atoms with van der Waals surface area (Å²) in [6.45, 7) is 0.559. The molecule has 0 radical (unpaired) electrons. The Hall–Kier alpha value is -1.55. The van der Waals surface area contributed by atoms with Crippen molar-refractivity contribution in [3.8, 4) is 0 Å². The number of hydrogen-bond donors (Lipinski definition) is 2. The molecule has 0 aliphatic carbocycles. The number of amides is 1. The summed E-state index contributed by atoms with van der Waals surface area (Å²) in [6, 6.07) is 7.65. The Balaban J connectivity index is 2.30. The van der Waals surface area contributed by atoms with Crippen molar-refractivity contribution in [3.63, 3.8) is 0 Å². The van der Waals surface area contributed by atoms with Crippen LogP contribution in [0.4, 0.5) is 5.69 Å². The Labute approximate surface area is 82.1 Å². The second kappa shape index (κ2) is 3.31. The third-order valence-corrected chi connectivity index (χ3v) is 2.45. The van der Waals surface area contributed by atoms with Crippen LogP contribution in [0.15, 0.2) is 24.3 Å². The van der Waals surface area contributed by atoms with Gasteiger partial charge in [0.2, 0.25) is 0 Å². The highest BCUT2D eigenvalue weighted by Crippen LogP contribution is 2.31. The molecule has 0 saturated heterocycles. The van der Waals surface area contributed by atoms with E-state index in [4.69, 9.17) is 5.21 Å². The molecule has 1 aliphatic rings. The Bertz CT molecular complexity index is 363. The molecule has 4 heteroatoms. The third kappa shape index (κ3) is 1.33. The molecule has 1 aromatic carbocycles. The maximum Gasteiger partial charge on any atom is 0.255 e. The van der Waals surface area contributed by atoms with Crippen LogP contribution in [-0.4, -0.2) is 29.8 Å². The second-order valence-electron chi connectivity index (χ2n) is 3.38. The molecule has 74 valence electrons. The summed E-state index contributed by atoms with van der Waals surface area (Å²) in [5.41, 5.74) is 1.94. The molecule has 0 saturated carbocycles. The largest absolute Gasteiger partial charge is 0.384 e. The van der Waals surface area contributed by atoms with Crippen LogP contribution in [0.25, 0.3) is 0 Å². The number of carbonyl (C=O) groups excluding carboxylic acids is 1. The van der Waals surface area contributed by atoms with Gasteiger partial charge in [-0.3, -0.25) is 10.0 Å². The van der Waals surface area contributed by atoms with Crippen molar-refractivity contribution in [3.05, 3.63) is 29.8 Å². The van der Waals surface area contributed by atoms with Crippen molar-refractivity contribution in [2.24, 2.45) is 0 Å². The maximum atomic E-state index is 11.5. The van der Waals surface area contributed by atoms with Crippen LogP contribution in [0.3, 0.4) is 0 Å². The number of nitrogens with one attached hydrogen (secondary N) is 1. The van der Waals surface area contributed by atoms with Gasteiger partial charge in [0.1, 0.15) is 0 Å². The Kier molecular flexibility index (Phi) is 2.13. The lowest BCUT2D eigenvalue weighted by atomic mass is 10.0. The van der Waals surface area contributed by atoms with Gasteiger partial charge in [0.05, 0.1) is 5.92 Å². The molecule has 1 amide bonds. The van der Waals surface area contributed by atoms with Crippen LogP contribution < -0.4 is 5.32 Å². The van der Waals surface area contributed by atoms with E-state index in [2.05, 4.69) is 5.32 Å². The maximum absolute atomic E-state index is 11.5. The fraction of sp³-hybridized carbons (Fsp3) is 0.300. The van der Waals surface area contributed by atoms with Crippen molar-refractivity contribution in [2.75, 3.05) is 18.9 Å². The highest BCUT2D eigenvalue weighted by molar-refractivity contribution is 5.87. The number of rotatable bonds is 1. The number of anilines is 1. The molecule has 14 heavy (non-hydrogen) atoms. The van der Waals surface area contributed by atoms with Gasteiger partial charge in [0, 0.05) is 19.3 Å². The molecular formula is C10H12N2O2. The van der Waals surface area contributed by atoms with Gasteiger partial charge in [0.15, 0.2) is 0 Å². The quantitative estimate of drug-likeness (QED) is 0.516. The van der Waals surface area contributed by atoms with Crippen LogP contribution >= 0.6 is 0 Å².